The molecule has 0 aromatic heterocycles. The fraction of sp³-hybridized carbons (Fsp3) is 0.522. The van der Waals surface area contributed by atoms with Gasteiger partial charge in [-0.1, -0.05) is 6.58 Å². The highest BCUT2D eigenvalue weighted by atomic mass is 19.1. The number of likely N-dealkylation sites (N-methyl/N-ethyl adjacent to an activating group) is 1. The Hall–Kier alpha value is -2.14. The largest absolute Gasteiger partial charge is 0.375 e. The van der Waals surface area contributed by atoms with Gasteiger partial charge in [0.05, 0.1) is 5.70 Å². The first-order chi connectivity index (χ1) is 13.5. The van der Waals surface area contributed by atoms with Crippen molar-refractivity contribution in [3.05, 3.63) is 59.2 Å². The number of carbonyl (C=O) groups excluding carboxylic acids is 1. The Morgan fingerprint density at radius 1 is 1.21 bits per heavy atom. The third-order valence-electron chi connectivity index (χ3n) is 6.74. The Balaban J connectivity index is 1.33. The Morgan fingerprint density at radius 3 is 2.71 bits per heavy atom. The van der Waals surface area contributed by atoms with Crippen molar-refractivity contribution in [2.24, 2.45) is 5.92 Å². The van der Waals surface area contributed by atoms with Crippen LogP contribution in [0.3, 0.4) is 0 Å². The zero-order valence-corrected chi connectivity index (χ0v) is 17.0. The normalized spacial score (nSPS) is 25.2. The van der Waals surface area contributed by atoms with E-state index < -0.39 is 0 Å². The van der Waals surface area contributed by atoms with Gasteiger partial charge in [-0.15, -0.1) is 0 Å². The number of allylic oxidation sites excluding steroid dienone is 2. The molecule has 150 valence electrons. The summed E-state index contributed by atoms with van der Waals surface area (Å²) < 4.78 is 13.0. The third-order valence-corrected chi connectivity index (χ3v) is 6.74. The summed E-state index contributed by atoms with van der Waals surface area (Å²) in [5.41, 5.74) is 4.62. The Kier molecular flexibility index (Phi) is 5.28. The van der Waals surface area contributed by atoms with Crippen LogP contribution in [0, 0.1) is 11.7 Å². The molecule has 4 nitrogen and oxygen atoms in total. The lowest BCUT2D eigenvalue weighted by atomic mass is 9.89. The summed E-state index contributed by atoms with van der Waals surface area (Å²) >= 11 is 0. The van der Waals surface area contributed by atoms with E-state index in [2.05, 4.69) is 35.3 Å². The van der Waals surface area contributed by atoms with Gasteiger partial charge < -0.3 is 14.7 Å². The number of ketones is 1. The van der Waals surface area contributed by atoms with E-state index in [9.17, 15) is 9.18 Å². The second-order valence-corrected chi connectivity index (χ2v) is 8.37. The lowest BCUT2D eigenvalue weighted by molar-refractivity contribution is 0.0949. The van der Waals surface area contributed by atoms with Gasteiger partial charge >= 0.3 is 0 Å². The van der Waals surface area contributed by atoms with Crippen molar-refractivity contribution in [3.63, 3.8) is 0 Å². The monoisotopic (exact) mass is 383 g/mol. The van der Waals surface area contributed by atoms with Crippen molar-refractivity contribution in [1.82, 2.24) is 14.7 Å². The summed E-state index contributed by atoms with van der Waals surface area (Å²) in [6.45, 7) is 11.9. The van der Waals surface area contributed by atoms with Crippen molar-refractivity contribution in [2.75, 3.05) is 39.8 Å². The standard InChI is InChI=1S/C23H30FN3O/c1-16-20-15-26(11-4-5-22(28)18-6-8-19(24)9-7-18)12-10-21(20)27-14-13-25(3)17(2)23(16)27/h6-9,20-21H,1,4-5,10-15H2,2-3H3/t20-,21-/m0/s1. The van der Waals surface area contributed by atoms with Crippen LogP contribution in [0.25, 0.3) is 0 Å². The topological polar surface area (TPSA) is 26.8 Å². The molecule has 0 bridgehead atoms. The minimum atomic E-state index is -0.302. The molecule has 0 radical (unpaired) electrons. The van der Waals surface area contributed by atoms with Crippen molar-refractivity contribution in [3.8, 4) is 0 Å². The maximum Gasteiger partial charge on any atom is 0.162 e. The fourth-order valence-corrected chi connectivity index (χ4v) is 5.02. The van der Waals surface area contributed by atoms with E-state index in [1.165, 1.54) is 29.1 Å². The number of benzene rings is 1. The van der Waals surface area contributed by atoms with Crippen LogP contribution in [0.1, 0.15) is 36.5 Å². The molecule has 3 heterocycles. The first kappa shape index (κ1) is 19.2. The number of hydrogen-bond acceptors (Lipinski definition) is 4. The number of piperidine rings is 1. The summed E-state index contributed by atoms with van der Waals surface area (Å²) in [5.74, 6) is 0.295. The number of nitrogens with zero attached hydrogens (tertiary/aromatic N) is 3. The Labute approximate surface area is 167 Å². The molecule has 3 aliphatic rings. The summed E-state index contributed by atoms with van der Waals surface area (Å²) in [4.78, 5) is 19.7. The lowest BCUT2D eigenvalue weighted by Crippen LogP contribution is -2.48. The SMILES string of the molecule is C=C1C2=C(C)N(C)CCN2[C@H]2CCN(CCCC(=O)c3ccc(F)cc3)C[C@@H]12. The van der Waals surface area contributed by atoms with Gasteiger partial charge in [0.1, 0.15) is 5.82 Å². The molecule has 0 N–H and O–H groups in total. The molecule has 0 amide bonds. The lowest BCUT2D eigenvalue weighted by Gasteiger charge is -2.41. The van der Waals surface area contributed by atoms with E-state index in [1.54, 1.807) is 12.1 Å². The first-order valence-corrected chi connectivity index (χ1v) is 10.3. The second-order valence-electron chi connectivity index (χ2n) is 8.37. The van der Waals surface area contributed by atoms with E-state index in [-0.39, 0.29) is 11.6 Å². The summed E-state index contributed by atoms with van der Waals surface area (Å²) in [6, 6.07) is 6.45. The van der Waals surface area contributed by atoms with Crippen LogP contribution in [0.2, 0.25) is 0 Å². The van der Waals surface area contributed by atoms with Gasteiger partial charge in [-0.05, 0) is 56.1 Å². The molecule has 0 spiro atoms. The Morgan fingerprint density at radius 2 is 1.96 bits per heavy atom. The predicted octanol–water partition coefficient (Wildman–Crippen LogP) is 3.53. The van der Waals surface area contributed by atoms with Gasteiger partial charge in [-0.2, -0.15) is 0 Å². The third kappa shape index (κ3) is 3.48. The zero-order valence-electron chi connectivity index (χ0n) is 17.0. The zero-order chi connectivity index (χ0) is 19.8. The molecule has 0 aliphatic carbocycles. The minimum absolute atomic E-state index is 0.0983. The minimum Gasteiger partial charge on any atom is -0.375 e. The maximum atomic E-state index is 13.0. The van der Waals surface area contributed by atoms with E-state index in [4.69, 9.17) is 0 Å². The van der Waals surface area contributed by atoms with Crippen molar-refractivity contribution < 1.29 is 9.18 Å². The van der Waals surface area contributed by atoms with Gasteiger partial charge in [-0.3, -0.25) is 4.79 Å². The molecule has 4 rings (SSSR count). The van der Waals surface area contributed by atoms with Crippen molar-refractivity contribution in [2.45, 2.75) is 32.2 Å². The Bertz CT molecular complexity index is 801. The molecular formula is C23H30FN3O. The van der Waals surface area contributed by atoms with Crippen LogP contribution in [0.15, 0.2) is 47.8 Å². The number of carbonyl (C=O) groups is 1. The molecule has 1 aromatic rings. The number of likely N-dealkylation sites (tertiary alicyclic amines) is 1. The van der Waals surface area contributed by atoms with Crippen molar-refractivity contribution >= 4 is 5.78 Å². The number of rotatable bonds is 5. The average molecular weight is 384 g/mol. The van der Waals surface area contributed by atoms with Gasteiger partial charge in [0.25, 0.3) is 0 Å². The van der Waals surface area contributed by atoms with Crippen LogP contribution in [0.5, 0.6) is 0 Å². The molecule has 5 heteroatoms. The smallest absolute Gasteiger partial charge is 0.162 e. The van der Waals surface area contributed by atoms with Gasteiger partial charge in [0, 0.05) is 62.9 Å². The van der Waals surface area contributed by atoms with E-state index in [1.807, 2.05) is 0 Å². The molecular weight excluding hydrogens is 353 g/mol. The highest BCUT2D eigenvalue weighted by Crippen LogP contribution is 2.44. The predicted molar refractivity (Wildman–Crippen MR) is 109 cm³/mol. The number of fused-ring (bicyclic) bond motifs is 3. The molecule has 2 saturated heterocycles. The van der Waals surface area contributed by atoms with E-state index in [0.717, 1.165) is 45.6 Å². The quantitative estimate of drug-likeness (QED) is 0.727. The van der Waals surface area contributed by atoms with Crippen LogP contribution in [-0.4, -0.2) is 66.3 Å². The number of halogens is 1. The van der Waals surface area contributed by atoms with E-state index in [0.29, 0.717) is 23.9 Å². The second kappa shape index (κ2) is 7.70. The van der Waals surface area contributed by atoms with Gasteiger partial charge in [0.2, 0.25) is 0 Å². The molecule has 3 aliphatic heterocycles. The van der Waals surface area contributed by atoms with E-state index >= 15 is 0 Å². The summed E-state index contributed by atoms with van der Waals surface area (Å²) in [5, 5.41) is 0. The molecule has 28 heavy (non-hydrogen) atoms. The molecule has 2 atom stereocenters. The van der Waals surface area contributed by atoms with Crippen LogP contribution in [0.4, 0.5) is 4.39 Å². The maximum absolute atomic E-state index is 13.0. The molecule has 0 saturated carbocycles. The fourth-order valence-electron chi connectivity index (χ4n) is 5.02. The van der Waals surface area contributed by atoms with Crippen LogP contribution in [-0.2, 0) is 0 Å². The highest BCUT2D eigenvalue weighted by molar-refractivity contribution is 5.95. The summed E-state index contributed by atoms with van der Waals surface area (Å²) in [7, 11) is 2.17. The summed E-state index contributed by atoms with van der Waals surface area (Å²) in [6.07, 6.45) is 2.52. The van der Waals surface area contributed by atoms with Crippen LogP contribution < -0.4 is 0 Å². The average Bonchev–Trinajstić information content (AvgIpc) is 2.97. The molecule has 0 unspecified atom stereocenters. The number of hydrogen-bond donors (Lipinski definition) is 0. The molecule has 1 aromatic carbocycles. The van der Waals surface area contributed by atoms with Crippen molar-refractivity contribution in [1.29, 1.82) is 0 Å². The first-order valence-electron chi connectivity index (χ1n) is 10.3. The highest BCUT2D eigenvalue weighted by Gasteiger charge is 2.45. The molecule has 2 fully saturated rings. The number of Topliss-reactive ketones (excluding diaryl/α,β-unsaturated/α-hetero) is 1. The van der Waals surface area contributed by atoms with Gasteiger partial charge in [-0.25, -0.2) is 4.39 Å². The van der Waals surface area contributed by atoms with Crippen LogP contribution >= 0.6 is 0 Å². The van der Waals surface area contributed by atoms with Gasteiger partial charge in [0.15, 0.2) is 5.78 Å².